The molecule has 174 valence electrons. The van der Waals surface area contributed by atoms with Gasteiger partial charge in [0, 0.05) is 18.6 Å². The number of hydrogen-bond donors (Lipinski definition) is 8. The number of ether oxygens (including phenoxy) is 2. The predicted molar refractivity (Wildman–Crippen MR) is 107 cm³/mol. The Morgan fingerprint density at radius 3 is 2.28 bits per heavy atom. The Bertz CT molecular complexity index is 974. The molecule has 32 heavy (non-hydrogen) atoms. The number of carbonyl (C=O) groups excluding carboxylic acids is 1. The highest BCUT2D eigenvalue weighted by atomic mass is 16.7. The summed E-state index contributed by atoms with van der Waals surface area (Å²) in [5.74, 6) is -2.70. The van der Waals surface area contributed by atoms with E-state index in [1.54, 1.807) is 0 Å². The third kappa shape index (κ3) is 4.87. The maximum Gasteiger partial charge on any atom is 0.229 e. The SMILES string of the molecule is O=C(CCc1ccc(O)c(O)c1)c1c(O)cc(O)cc1OC1OC(CO)C(O)C(O)C1O. The predicted octanol–water partition coefficient (Wildman–Crippen LogP) is -0.497. The first-order chi connectivity index (χ1) is 15.1. The number of aliphatic hydroxyl groups excluding tert-OH is 4. The fourth-order valence-electron chi connectivity index (χ4n) is 3.36. The van der Waals surface area contributed by atoms with Gasteiger partial charge in [0.1, 0.15) is 47.2 Å². The van der Waals surface area contributed by atoms with Gasteiger partial charge < -0.3 is 50.3 Å². The number of benzene rings is 2. The first-order valence-corrected chi connectivity index (χ1v) is 9.69. The number of ketones is 1. The minimum Gasteiger partial charge on any atom is -0.508 e. The molecule has 2 aromatic carbocycles. The van der Waals surface area contributed by atoms with Crippen LogP contribution in [-0.2, 0) is 11.2 Å². The minimum absolute atomic E-state index is 0.131. The van der Waals surface area contributed by atoms with Crippen molar-refractivity contribution in [3.63, 3.8) is 0 Å². The van der Waals surface area contributed by atoms with Crippen molar-refractivity contribution in [2.75, 3.05) is 6.61 Å². The Balaban J connectivity index is 1.82. The van der Waals surface area contributed by atoms with Crippen molar-refractivity contribution in [1.29, 1.82) is 0 Å². The molecule has 11 nitrogen and oxygen atoms in total. The van der Waals surface area contributed by atoms with Crippen LogP contribution in [0.3, 0.4) is 0 Å². The zero-order chi connectivity index (χ0) is 23.6. The van der Waals surface area contributed by atoms with Crippen LogP contribution in [0, 0.1) is 0 Å². The van der Waals surface area contributed by atoms with Crippen LogP contribution in [0.1, 0.15) is 22.3 Å². The molecular formula is C21H24O11. The fraction of sp³-hybridized carbons (Fsp3) is 0.381. The molecule has 0 saturated carbocycles. The van der Waals surface area contributed by atoms with Crippen molar-refractivity contribution >= 4 is 5.78 Å². The number of hydrogen-bond acceptors (Lipinski definition) is 11. The van der Waals surface area contributed by atoms with Crippen molar-refractivity contribution in [3.05, 3.63) is 41.5 Å². The van der Waals surface area contributed by atoms with Crippen LogP contribution >= 0.6 is 0 Å². The average Bonchev–Trinajstić information content (AvgIpc) is 2.74. The van der Waals surface area contributed by atoms with Gasteiger partial charge in [-0.15, -0.1) is 0 Å². The molecule has 1 aliphatic rings. The van der Waals surface area contributed by atoms with E-state index in [-0.39, 0.29) is 35.7 Å². The van der Waals surface area contributed by atoms with Crippen LogP contribution < -0.4 is 4.74 Å². The zero-order valence-corrected chi connectivity index (χ0v) is 16.7. The number of phenolic OH excluding ortho intramolecular Hbond substituents is 4. The lowest BCUT2D eigenvalue weighted by atomic mass is 9.99. The van der Waals surface area contributed by atoms with Crippen molar-refractivity contribution in [2.45, 2.75) is 43.5 Å². The molecule has 2 aromatic rings. The molecule has 1 fully saturated rings. The lowest BCUT2D eigenvalue weighted by Gasteiger charge is -2.39. The summed E-state index contributed by atoms with van der Waals surface area (Å²) in [6.07, 6.45) is -8.02. The molecule has 5 unspecified atom stereocenters. The van der Waals surface area contributed by atoms with Gasteiger partial charge in [-0.2, -0.15) is 0 Å². The van der Waals surface area contributed by atoms with E-state index < -0.39 is 54.6 Å². The van der Waals surface area contributed by atoms with Gasteiger partial charge in [-0.25, -0.2) is 0 Å². The van der Waals surface area contributed by atoms with Gasteiger partial charge in [0.15, 0.2) is 17.3 Å². The quantitative estimate of drug-likeness (QED) is 0.199. The molecular weight excluding hydrogens is 428 g/mol. The summed E-state index contributed by atoms with van der Waals surface area (Å²) in [7, 11) is 0. The number of aryl methyl sites for hydroxylation is 1. The third-order valence-electron chi connectivity index (χ3n) is 5.12. The van der Waals surface area contributed by atoms with E-state index in [1.165, 1.54) is 18.2 Å². The first-order valence-electron chi connectivity index (χ1n) is 9.69. The maximum atomic E-state index is 12.8. The number of aromatic hydroxyl groups is 4. The number of aliphatic hydroxyl groups is 4. The summed E-state index contributed by atoms with van der Waals surface area (Å²) < 4.78 is 10.7. The summed E-state index contributed by atoms with van der Waals surface area (Å²) in [6.45, 7) is -0.693. The summed E-state index contributed by atoms with van der Waals surface area (Å²) >= 11 is 0. The summed E-state index contributed by atoms with van der Waals surface area (Å²) in [6, 6.07) is 5.97. The smallest absolute Gasteiger partial charge is 0.229 e. The largest absolute Gasteiger partial charge is 0.508 e. The number of carbonyl (C=O) groups is 1. The third-order valence-corrected chi connectivity index (χ3v) is 5.12. The van der Waals surface area contributed by atoms with Gasteiger partial charge >= 0.3 is 0 Å². The van der Waals surface area contributed by atoms with E-state index in [4.69, 9.17) is 9.47 Å². The van der Waals surface area contributed by atoms with Gasteiger partial charge in [-0.3, -0.25) is 4.79 Å². The molecule has 0 amide bonds. The molecule has 11 heteroatoms. The molecule has 0 spiro atoms. The Labute approximate surface area is 182 Å². The number of rotatable bonds is 7. The molecule has 0 aliphatic carbocycles. The number of phenols is 4. The van der Waals surface area contributed by atoms with Crippen LogP contribution in [0.25, 0.3) is 0 Å². The molecule has 5 atom stereocenters. The van der Waals surface area contributed by atoms with E-state index in [2.05, 4.69) is 0 Å². The van der Waals surface area contributed by atoms with E-state index in [1.807, 2.05) is 0 Å². The molecule has 0 aromatic heterocycles. The second-order valence-corrected chi connectivity index (χ2v) is 7.40. The van der Waals surface area contributed by atoms with E-state index in [0.29, 0.717) is 5.56 Å². The average molecular weight is 452 g/mol. The van der Waals surface area contributed by atoms with E-state index >= 15 is 0 Å². The van der Waals surface area contributed by atoms with Crippen molar-refractivity contribution < 1.29 is 55.1 Å². The minimum atomic E-state index is -1.76. The van der Waals surface area contributed by atoms with Crippen LogP contribution in [0.15, 0.2) is 30.3 Å². The molecule has 1 saturated heterocycles. The molecule has 3 rings (SSSR count). The monoisotopic (exact) mass is 452 g/mol. The van der Waals surface area contributed by atoms with Gasteiger partial charge in [-0.1, -0.05) is 6.07 Å². The van der Waals surface area contributed by atoms with E-state index in [9.17, 15) is 45.6 Å². The topological polar surface area (TPSA) is 197 Å². The van der Waals surface area contributed by atoms with Crippen LogP contribution in [0.4, 0.5) is 0 Å². The molecule has 8 N–H and O–H groups in total. The Morgan fingerprint density at radius 1 is 0.906 bits per heavy atom. The van der Waals surface area contributed by atoms with Gasteiger partial charge in [0.2, 0.25) is 6.29 Å². The molecule has 0 radical (unpaired) electrons. The lowest BCUT2D eigenvalue weighted by molar-refractivity contribution is -0.277. The van der Waals surface area contributed by atoms with E-state index in [0.717, 1.165) is 12.1 Å². The van der Waals surface area contributed by atoms with Gasteiger partial charge in [0.25, 0.3) is 0 Å². The maximum absolute atomic E-state index is 12.8. The fourth-order valence-corrected chi connectivity index (χ4v) is 3.36. The van der Waals surface area contributed by atoms with Crippen molar-refractivity contribution in [1.82, 2.24) is 0 Å². The van der Waals surface area contributed by atoms with Gasteiger partial charge in [0.05, 0.1) is 6.61 Å². The number of Topliss-reactive ketones (excluding diaryl/α,β-unsaturated/α-hetero) is 1. The molecule has 0 bridgehead atoms. The lowest BCUT2D eigenvalue weighted by Crippen LogP contribution is -2.60. The van der Waals surface area contributed by atoms with Crippen molar-refractivity contribution in [2.24, 2.45) is 0 Å². The van der Waals surface area contributed by atoms with Crippen LogP contribution in [-0.4, -0.2) is 83.9 Å². The Hall–Kier alpha value is -3.09. The molecule has 1 heterocycles. The summed E-state index contributed by atoms with van der Waals surface area (Å²) in [4.78, 5) is 12.8. The second kappa shape index (κ2) is 9.59. The Kier molecular flexibility index (Phi) is 7.06. The standard InChI is InChI=1S/C21H24O11/c22-8-16-18(28)19(29)20(30)21(32-16)31-15-7-10(23)6-14(27)17(15)12(25)4-2-9-1-3-11(24)13(26)5-9/h1,3,5-7,16,18-24,26-30H,2,4,8H2. The highest BCUT2D eigenvalue weighted by Gasteiger charge is 2.45. The highest BCUT2D eigenvalue weighted by molar-refractivity contribution is 6.01. The molecule has 1 aliphatic heterocycles. The second-order valence-electron chi connectivity index (χ2n) is 7.40. The van der Waals surface area contributed by atoms with Crippen molar-refractivity contribution in [3.8, 4) is 28.7 Å². The zero-order valence-electron chi connectivity index (χ0n) is 16.7. The van der Waals surface area contributed by atoms with Crippen LogP contribution in [0.2, 0.25) is 0 Å². The summed E-state index contributed by atoms with van der Waals surface area (Å²) in [5.41, 5.74) is 0.200. The highest BCUT2D eigenvalue weighted by Crippen LogP contribution is 2.36. The first kappa shape index (κ1) is 23.6. The van der Waals surface area contributed by atoms with Gasteiger partial charge in [-0.05, 0) is 24.1 Å². The normalized spacial score (nSPS) is 25.4. The Morgan fingerprint density at radius 2 is 1.62 bits per heavy atom. The van der Waals surface area contributed by atoms with Crippen LogP contribution in [0.5, 0.6) is 28.7 Å². The summed E-state index contributed by atoms with van der Waals surface area (Å²) in [5, 5.41) is 78.2.